The summed E-state index contributed by atoms with van der Waals surface area (Å²) < 4.78 is 1.73. The van der Waals surface area contributed by atoms with E-state index in [2.05, 4.69) is 11.7 Å². The van der Waals surface area contributed by atoms with Crippen molar-refractivity contribution in [2.45, 2.75) is 0 Å². The molecular weight excluding hydrogens is 138 g/mol. The van der Waals surface area contributed by atoms with E-state index in [0.717, 1.165) is 11.3 Å². The molecule has 0 spiro atoms. The molecule has 0 aliphatic carbocycles. The molecule has 0 aromatic carbocycles. The van der Waals surface area contributed by atoms with Crippen molar-refractivity contribution < 1.29 is 0 Å². The van der Waals surface area contributed by atoms with E-state index >= 15 is 0 Å². The average molecular weight is 149 g/mol. The SMILES string of the molecule is C=Cc1nn(C)cc1/C=C\N. The normalized spacial score (nSPS) is 10.6. The molecule has 3 nitrogen and oxygen atoms in total. The molecule has 11 heavy (non-hydrogen) atoms. The Morgan fingerprint density at radius 1 is 1.73 bits per heavy atom. The molecule has 0 bridgehead atoms. The fourth-order valence-electron chi connectivity index (χ4n) is 0.915. The highest BCUT2D eigenvalue weighted by atomic mass is 15.2. The maximum absolute atomic E-state index is 5.24. The number of aromatic nitrogens is 2. The molecule has 0 saturated heterocycles. The van der Waals surface area contributed by atoms with Gasteiger partial charge in [-0.05, 0) is 18.4 Å². The standard InChI is InChI=1S/C8H11N3/c1-3-8-7(4-5-9)6-11(2)10-8/h3-6H,1,9H2,2H3/b5-4-. The molecule has 58 valence electrons. The minimum absolute atomic E-state index is 0.856. The summed E-state index contributed by atoms with van der Waals surface area (Å²) in [5.74, 6) is 0. The summed E-state index contributed by atoms with van der Waals surface area (Å²) >= 11 is 0. The predicted octanol–water partition coefficient (Wildman–Crippen LogP) is 0.992. The van der Waals surface area contributed by atoms with Crippen LogP contribution in [0.2, 0.25) is 0 Å². The van der Waals surface area contributed by atoms with E-state index in [9.17, 15) is 0 Å². The Labute approximate surface area is 65.8 Å². The van der Waals surface area contributed by atoms with Crippen LogP contribution in [-0.4, -0.2) is 9.78 Å². The first-order valence-electron chi connectivity index (χ1n) is 3.32. The van der Waals surface area contributed by atoms with Crippen LogP contribution in [0.5, 0.6) is 0 Å². The molecule has 0 aliphatic rings. The Bertz CT molecular complexity index is 284. The number of hydrogen-bond donors (Lipinski definition) is 1. The van der Waals surface area contributed by atoms with Crippen LogP contribution in [0.1, 0.15) is 11.3 Å². The first-order valence-corrected chi connectivity index (χ1v) is 3.32. The van der Waals surface area contributed by atoms with Gasteiger partial charge >= 0.3 is 0 Å². The van der Waals surface area contributed by atoms with E-state index in [1.54, 1.807) is 16.8 Å². The van der Waals surface area contributed by atoms with Crippen molar-refractivity contribution in [2.24, 2.45) is 12.8 Å². The summed E-state index contributed by atoms with van der Waals surface area (Å²) in [4.78, 5) is 0. The molecular formula is C8H11N3. The van der Waals surface area contributed by atoms with E-state index in [1.165, 1.54) is 6.20 Å². The van der Waals surface area contributed by atoms with Crippen LogP contribution in [-0.2, 0) is 7.05 Å². The van der Waals surface area contributed by atoms with Gasteiger partial charge in [-0.1, -0.05) is 6.58 Å². The maximum atomic E-state index is 5.24. The maximum Gasteiger partial charge on any atom is 0.0917 e. The number of rotatable bonds is 2. The van der Waals surface area contributed by atoms with E-state index in [4.69, 9.17) is 5.73 Å². The number of nitrogens with two attached hydrogens (primary N) is 1. The lowest BCUT2D eigenvalue weighted by Gasteiger charge is -1.84. The third-order valence-electron chi connectivity index (χ3n) is 1.36. The average Bonchev–Trinajstić information content (AvgIpc) is 2.32. The van der Waals surface area contributed by atoms with Gasteiger partial charge in [-0.2, -0.15) is 5.10 Å². The highest BCUT2D eigenvalue weighted by molar-refractivity contribution is 5.60. The molecule has 0 radical (unpaired) electrons. The Morgan fingerprint density at radius 3 is 3.00 bits per heavy atom. The van der Waals surface area contributed by atoms with Crippen molar-refractivity contribution in [2.75, 3.05) is 0 Å². The van der Waals surface area contributed by atoms with Gasteiger partial charge in [0, 0.05) is 18.8 Å². The van der Waals surface area contributed by atoms with E-state index < -0.39 is 0 Å². The van der Waals surface area contributed by atoms with Crippen molar-refractivity contribution in [3.63, 3.8) is 0 Å². The molecule has 3 heteroatoms. The zero-order chi connectivity index (χ0) is 8.27. The first-order chi connectivity index (χ1) is 5.27. The second kappa shape index (κ2) is 3.05. The van der Waals surface area contributed by atoms with Gasteiger partial charge in [-0.25, -0.2) is 0 Å². The van der Waals surface area contributed by atoms with Gasteiger partial charge in [0.15, 0.2) is 0 Å². The molecule has 0 saturated carbocycles. The summed E-state index contributed by atoms with van der Waals surface area (Å²) in [6.07, 6.45) is 6.88. The topological polar surface area (TPSA) is 43.8 Å². The van der Waals surface area contributed by atoms with Gasteiger partial charge in [0.25, 0.3) is 0 Å². The molecule has 0 unspecified atom stereocenters. The lowest BCUT2D eigenvalue weighted by atomic mass is 10.2. The van der Waals surface area contributed by atoms with Crippen molar-refractivity contribution in [3.05, 3.63) is 30.2 Å². The molecule has 1 rings (SSSR count). The Hall–Kier alpha value is -1.51. The second-order valence-electron chi connectivity index (χ2n) is 2.21. The van der Waals surface area contributed by atoms with Gasteiger partial charge in [-0.15, -0.1) is 0 Å². The van der Waals surface area contributed by atoms with Gasteiger partial charge in [0.2, 0.25) is 0 Å². The fourth-order valence-corrected chi connectivity index (χ4v) is 0.915. The summed E-state index contributed by atoms with van der Waals surface area (Å²) in [6.45, 7) is 3.64. The van der Waals surface area contributed by atoms with Gasteiger partial charge in [0.05, 0.1) is 5.69 Å². The van der Waals surface area contributed by atoms with E-state index in [0.29, 0.717) is 0 Å². The largest absolute Gasteiger partial charge is 0.405 e. The number of hydrogen-bond acceptors (Lipinski definition) is 2. The Morgan fingerprint density at radius 2 is 2.45 bits per heavy atom. The van der Waals surface area contributed by atoms with Crippen LogP contribution in [0.4, 0.5) is 0 Å². The zero-order valence-corrected chi connectivity index (χ0v) is 6.49. The summed E-state index contributed by atoms with van der Waals surface area (Å²) in [6, 6.07) is 0. The predicted molar refractivity (Wildman–Crippen MR) is 46.5 cm³/mol. The molecule has 1 aromatic rings. The minimum Gasteiger partial charge on any atom is -0.405 e. The van der Waals surface area contributed by atoms with Crippen molar-refractivity contribution in [1.82, 2.24) is 9.78 Å². The number of aryl methyl sites for hydroxylation is 1. The smallest absolute Gasteiger partial charge is 0.0917 e. The quantitative estimate of drug-likeness (QED) is 0.681. The molecule has 0 aliphatic heterocycles. The summed E-state index contributed by atoms with van der Waals surface area (Å²) in [7, 11) is 1.86. The van der Waals surface area contributed by atoms with Crippen molar-refractivity contribution >= 4 is 12.2 Å². The van der Waals surface area contributed by atoms with Crippen LogP contribution < -0.4 is 5.73 Å². The fraction of sp³-hybridized carbons (Fsp3) is 0.125. The van der Waals surface area contributed by atoms with E-state index in [1.807, 2.05) is 13.2 Å². The van der Waals surface area contributed by atoms with Crippen LogP contribution in [0, 0.1) is 0 Å². The molecule has 1 aromatic heterocycles. The highest BCUT2D eigenvalue weighted by Gasteiger charge is 1.98. The second-order valence-corrected chi connectivity index (χ2v) is 2.21. The van der Waals surface area contributed by atoms with Crippen molar-refractivity contribution in [1.29, 1.82) is 0 Å². The lowest BCUT2D eigenvalue weighted by Crippen LogP contribution is -1.86. The highest BCUT2D eigenvalue weighted by Crippen LogP contribution is 2.08. The minimum atomic E-state index is 0.856. The van der Waals surface area contributed by atoms with Crippen molar-refractivity contribution in [3.8, 4) is 0 Å². The van der Waals surface area contributed by atoms with Gasteiger partial charge in [-0.3, -0.25) is 4.68 Å². The zero-order valence-electron chi connectivity index (χ0n) is 6.49. The lowest BCUT2D eigenvalue weighted by molar-refractivity contribution is 0.764. The molecule has 0 atom stereocenters. The van der Waals surface area contributed by atoms with Gasteiger partial charge in [0.1, 0.15) is 0 Å². The van der Waals surface area contributed by atoms with Crippen LogP contribution in [0.25, 0.3) is 12.2 Å². The van der Waals surface area contributed by atoms with Crippen LogP contribution in [0.15, 0.2) is 19.0 Å². The number of nitrogens with zero attached hydrogens (tertiary/aromatic N) is 2. The molecule has 0 amide bonds. The Kier molecular flexibility index (Phi) is 2.11. The summed E-state index contributed by atoms with van der Waals surface area (Å²) in [5, 5.41) is 4.14. The van der Waals surface area contributed by atoms with Crippen LogP contribution >= 0.6 is 0 Å². The van der Waals surface area contributed by atoms with Gasteiger partial charge < -0.3 is 5.73 Å². The van der Waals surface area contributed by atoms with E-state index in [-0.39, 0.29) is 0 Å². The molecule has 0 fully saturated rings. The molecule has 2 N–H and O–H groups in total. The van der Waals surface area contributed by atoms with Crippen LogP contribution in [0.3, 0.4) is 0 Å². The first kappa shape index (κ1) is 7.60. The molecule has 1 heterocycles. The third-order valence-corrected chi connectivity index (χ3v) is 1.36. The summed E-state index contributed by atoms with van der Waals surface area (Å²) in [5.41, 5.74) is 7.09. The third kappa shape index (κ3) is 1.49. The monoisotopic (exact) mass is 149 g/mol. The Balaban J connectivity index is 3.11.